The summed E-state index contributed by atoms with van der Waals surface area (Å²) in [6.45, 7) is 1.82. The van der Waals surface area contributed by atoms with Crippen LogP contribution < -0.4 is 4.74 Å². The maximum absolute atomic E-state index is 11.4. The Morgan fingerprint density at radius 1 is 1.28 bits per heavy atom. The molecule has 0 aliphatic heterocycles. The number of carbonyl (C=O) groups excluding carboxylic acids is 1. The van der Waals surface area contributed by atoms with E-state index in [2.05, 4.69) is 27.6 Å². The van der Waals surface area contributed by atoms with Crippen molar-refractivity contribution in [2.45, 2.75) is 13.3 Å². The number of halogens is 1. The Morgan fingerprint density at radius 3 is 2.72 bits per heavy atom. The van der Waals surface area contributed by atoms with E-state index in [1.807, 2.05) is 31.2 Å². The lowest BCUT2D eigenvalue weighted by Crippen LogP contribution is -1.99. The molecule has 0 spiro atoms. The van der Waals surface area contributed by atoms with Crippen LogP contribution in [0, 0.1) is 3.57 Å². The van der Waals surface area contributed by atoms with Crippen LogP contribution in [0.3, 0.4) is 0 Å². The van der Waals surface area contributed by atoms with Gasteiger partial charge in [0.25, 0.3) is 0 Å². The van der Waals surface area contributed by atoms with E-state index in [9.17, 15) is 4.79 Å². The van der Waals surface area contributed by atoms with Crippen molar-refractivity contribution in [1.82, 2.24) is 4.98 Å². The van der Waals surface area contributed by atoms with Crippen LogP contribution >= 0.6 is 22.6 Å². The van der Waals surface area contributed by atoms with Crippen LogP contribution in [0.5, 0.6) is 11.5 Å². The molecule has 0 radical (unpaired) electrons. The average molecular weight is 353 g/mol. The van der Waals surface area contributed by atoms with Crippen LogP contribution in [0.15, 0.2) is 42.6 Å². The normalized spacial score (nSPS) is 10.1. The first-order valence-corrected chi connectivity index (χ1v) is 6.69. The second-order valence-electron chi connectivity index (χ2n) is 3.72. The maximum Gasteiger partial charge on any atom is 0.180 e. The molecule has 0 amide bonds. The van der Waals surface area contributed by atoms with Gasteiger partial charge in [-0.3, -0.25) is 4.79 Å². The summed E-state index contributed by atoms with van der Waals surface area (Å²) in [4.78, 5) is 15.5. The molecular weight excluding hydrogens is 341 g/mol. The van der Waals surface area contributed by atoms with E-state index in [-0.39, 0.29) is 5.78 Å². The molecule has 3 nitrogen and oxygen atoms in total. The molecule has 0 saturated heterocycles. The van der Waals surface area contributed by atoms with Gasteiger partial charge in [-0.2, -0.15) is 0 Å². The SMILES string of the molecule is CCC(=O)c1ccc(Oc2cccc(I)c2)cn1. The number of hydrogen-bond acceptors (Lipinski definition) is 3. The van der Waals surface area contributed by atoms with Gasteiger partial charge in [0, 0.05) is 9.99 Å². The number of carbonyl (C=O) groups is 1. The predicted molar refractivity (Wildman–Crippen MR) is 78.1 cm³/mol. The lowest BCUT2D eigenvalue weighted by atomic mass is 10.2. The van der Waals surface area contributed by atoms with Crippen LogP contribution in [-0.4, -0.2) is 10.8 Å². The standard InChI is InChI=1S/C14H12INO2/c1-2-14(17)13-7-6-12(9-16-13)18-11-5-3-4-10(15)8-11/h3-9H,2H2,1H3. The summed E-state index contributed by atoms with van der Waals surface area (Å²) in [5.74, 6) is 1.43. The molecule has 0 atom stereocenters. The molecule has 0 fully saturated rings. The fraction of sp³-hybridized carbons (Fsp3) is 0.143. The van der Waals surface area contributed by atoms with Gasteiger partial charge in [0.2, 0.25) is 0 Å². The minimum atomic E-state index is 0.0378. The summed E-state index contributed by atoms with van der Waals surface area (Å²) < 4.78 is 6.76. The van der Waals surface area contributed by atoms with Crippen molar-refractivity contribution in [3.8, 4) is 11.5 Å². The molecule has 0 aliphatic rings. The summed E-state index contributed by atoms with van der Waals surface area (Å²) in [6.07, 6.45) is 2.03. The first-order valence-electron chi connectivity index (χ1n) is 5.61. The molecule has 0 bridgehead atoms. The highest BCUT2D eigenvalue weighted by atomic mass is 127. The van der Waals surface area contributed by atoms with Crippen LogP contribution in [-0.2, 0) is 0 Å². The molecule has 92 valence electrons. The smallest absolute Gasteiger partial charge is 0.180 e. The third-order valence-corrected chi connectivity index (χ3v) is 3.05. The highest BCUT2D eigenvalue weighted by molar-refractivity contribution is 14.1. The molecule has 1 aromatic heterocycles. The van der Waals surface area contributed by atoms with Crippen molar-refractivity contribution in [1.29, 1.82) is 0 Å². The van der Waals surface area contributed by atoms with Crippen molar-refractivity contribution >= 4 is 28.4 Å². The van der Waals surface area contributed by atoms with Gasteiger partial charge in [-0.25, -0.2) is 4.98 Å². The van der Waals surface area contributed by atoms with Gasteiger partial charge < -0.3 is 4.74 Å². The summed E-state index contributed by atoms with van der Waals surface area (Å²) >= 11 is 2.23. The fourth-order valence-corrected chi connectivity index (χ4v) is 1.97. The Bertz CT molecular complexity index is 552. The molecular formula is C14H12INO2. The first kappa shape index (κ1) is 13.0. The number of benzene rings is 1. The molecule has 1 heterocycles. The van der Waals surface area contributed by atoms with Gasteiger partial charge in [-0.15, -0.1) is 0 Å². The number of Topliss-reactive ketones (excluding diaryl/α,β-unsaturated/α-hetero) is 1. The largest absolute Gasteiger partial charge is 0.456 e. The van der Waals surface area contributed by atoms with Crippen LogP contribution in [0.1, 0.15) is 23.8 Å². The molecule has 0 aliphatic carbocycles. The van der Waals surface area contributed by atoms with E-state index < -0.39 is 0 Å². The molecule has 18 heavy (non-hydrogen) atoms. The fourth-order valence-electron chi connectivity index (χ4n) is 1.45. The van der Waals surface area contributed by atoms with Crippen molar-refractivity contribution in [3.63, 3.8) is 0 Å². The summed E-state index contributed by atoms with van der Waals surface area (Å²) in [6, 6.07) is 11.2. The third-order valence-electron chi connectivity index (χ3n) is 2.37. The number of ketones is 1. The monoisotopic (exact) mass is 353 g/mol. The Hall–Kier alpha value is -1.43. The summed E-state index contributed by atoms with van der Waals surface area (Å²) in [7, 11) is 0. The van der Waals surface area contributed by atoms with Gasteiger partial charge in [-0.05, 0) is 52.9 Å². The minimum absolute atomic E-state index is 0.0378. The van der Waals surface area contributed by atoms with E-state index in [0.29, 0.717) is 17.9 Å². The van der Waals surface area contributed by atoms with Crippen LogP contribution in [0.25, 0.3) is 0 Å². The van der Waals surface area contributed by atoms with Crippen molar-refractivity contribution < 1.29 is 9.53 Å². The quantitative estimate of drug-likeness (QED) is 0.614. The maximum atomic E-state index is 11.4. The minimum Gasteiger partial charge on any atom is -0.456 e. The Kier molecular flexibility index (Phi) is 4.30. The number of pyridine rings is 1. The second-order valence-corrected chi connectivity index (χ2v) is 4.96. The first-order chi connectivity index (χ1) is 8.69. The second kappa shape index (κ2) is 5.95. The van der Waals surface area contributed by atoms with Crippen LogP contribution in [0.4, 0.5) is 0 Å². The van der Waals surface area contributed by atoms with Gasteiger partial charge in [0.15, 0.2) is 5.78 Å². The van der Waals surface area contributed by atoms with Gasteiger partial charge in [-0.1, -0.05) is 13.0 Å². The van der Waals surface area contributed by atoms with E-state index in [1.165, 1.54) is 0 Å². The van der Waals surface area contributed by atoms with E-state index in [1.54, 1.807) is 18.3 Å². The number of aromatic nitrogens is 1. The highest BCUT2D eigenvalue weighted by Crippen LogP contribution is 2.22. The lowest BCUT2D eigenvalue weighted by Gasteiger charge is -2.06. The zero-order chi connectivity index (χ0) is 13.0. The third kappa shape index (κ3) is 3.29. The summed E-state index contributed by atoms with van der Waals surface area (Å²) in [5.41, 5.74) is 0.479. The Balaban J connectivity index is 2.13. The molecule has 4 heteroatoms. The van der Waals surface area contributed by atoms with E-state index >= 15 is 0 Å². The van der Waals surface area contributed by atoms with Crippen LogP contribution in [0.2, 0.25) is 0 Å². The van der Waals surface area contributed by atoms with Crippen molar-refractivity contribution in [3.05, 3.63) is 51.9 Å². The molecule has 0 saturated carbocycles. The average Bonchev–Trinajstić information content (AvgIpc) is 2.39. The molecule has 2 aromatic rings. The lowest BCUT2D eigenvalue weighted by molar-refractivity contribution is 0.0983. The highest BCUT2D eigenvalue weighted by Gasteiger charge is 2.05. The Labute approximate surface area is 119 Å². The van der Waals surface area contributed by atoms with E-state index in [4.69, 9.17) is 4.74 Å². The number of rotatable bonds is 4. The number of ether oxygens (including phenoxy) is 1. The zero-order valence-electron chi connectivity index (χ0n) is 9.89. The zero-order valence-corrected chi connectivity index (χ0v) is 12.0. The van der Waals surface area contributed by atoms with Gasteiger partial charge in [0.05, 0.1) is 6.20 Å². The summed E-state index contributed by atoms with van der Waals surface area (Å²) in [5, 5.41) is 0. The number of nitrogens with zero attached hydrogens (tertiary/aromatic N) is 1. The Morgan fingerprint density at radius 2 is 2.11 bits per heavy atom. The molecule has 1 aromatic carbocycles. The van der Waals surface area contributed by atoms with Gasteiger partial charge in [0.1, 0.15) is 17.2 Å². The van der Waals surface area contributed by atoms with E-state index in [0.717, 1.165) is 9.32 Å². The number of hydrogen-bond donors (Lipinski definition) is 0. The predicted octanol–water partition coefficient (Wildman–Crippen LogP) is 4.07. The molecule has 2 rings (SSSR count). The van der Waals surface area contributed by atoms with Crippen molar-refractivity contribution in [2.24, 2.45) is 0 Å². The molecule has 0 N–H and O–H groups in total. The van der Waals surface area contributed by atoms with Gasteiger partial charge >= 0.3 is 0 Å². The topological polar surface area (TPSA) is 39.2 Å². The van der Waals surface area contributed by atoms with Crippen molar-refractivity contribution in [2.75, 3.05) is 0 Å². The molecule has 0 unspecified atom stereocenters.